The van der Waals surface area contributed by atoms with Gasteiger partial charge in [0.2, 0.25) is 0 Å². The highest BCUT2D eigenvalue weighted by atomic mass is 32.1. The number of thiazole rings is 1. The summed E-state index contributed by atoms with van der Waals surface area (Å²) >= 11 is 1.70. The van der Waals surface area contributed by atoms with Crippen LogP contribution in [0.25, 0.3) is 0 Å². The minimum Gasteiger partial charge on any atom is -0.377 e. The lowest BCUT2D eigenvalue weighted by atomic mass is 10.1. The normalized spacial score (nSPS) is 12.4. The molecule has 17 heavy (non-hydrogen) atoms. The van der Waals surface area contributed by atoms with Gasteiger partial charge in [-0.15, -0.1) is 11.3 Å². The molecular weight excluding hydrogens is 228 g/mol. The molecule has 1 aromatic carbocycles. The summed E-state index contributed by atoms with van der Waals surface area (Å²) in [6.45, 7) is 6.35. The molecule has 0 saturated heterocycles. The molecule has 1 heterocycles. The van der Waals surface area contributed by atoms with Gasteiger partial charge in [-0.2, -0.15) is 0 Å². The van der Waals surface area contributed by atoms with E-state index in [-0.39, 0.29) is 6.04 Å². The van der Waals surface area contributed by atoms with Crippen molar-refractivity contribution in [2.75, 3.05) is 5.32 Å². The van der Waals surface area contributed by atoms with Crippen LogP contribution in [-0.2, 0) is 6.42 Å². The van der Waals surface area contributed by atoms with Crippen molar-refractivity contribution in [1.82, 2.24) is 4.98 Å². The van der Waals surface area contributed by atoms with Crippen molar-refractivity contribution in [2.24, 2.45) is 0 Å². The van der Waals surface area contributed by atoms with Crippen LogP contribution >= 0.6 is 11.3 Å². The number of benzene rings is 1. The summed E-state index contributed by atoms with van der Waals surface area (Å²) in [5.41, 5.74) is 3.64. The van der Waals surface area contributed by atoms with Gasteiger partial charge >= 0.3 is 0 Å². The first-order chi connectivity index (χ1) is 8.19. The summed E-state index contributed by atoms with van der Waals surface area (Å²) in [7, 11) is 0. The van der Waals surface area contributed by atoms with Gasteiger partial charge in [0.25, 0.3) is 0 Å². The quantitative estimate of drug-likeness (QED) is 0.875. The zero-order valence-corrected chi connectivity index (χ0v) is 11.3. The smallest absolute Gasteiger partial charge is 0.0898 e. The Balaban J connectivity index is 2.04. The lowest BCUT2D eigenvalue weighted by Crippen LogP contribution is -2.06. The molecule has 0 aliphatic rings. The second-order valence-electron chi connectivity index (χ2n) is 4.21. The van der Waals surface area contributed by atoms with E-state index in [1.807, 2.05) is 6.92 Å². The molecular formula is C14H18N2S. The summed E-state index contributed by atoms with van der Waals surface area (Å²) < 4.78 is 0. The van der Waals surface area contributed by atoms with Crippen LogP contribution in [0.2, 0.25) is 0 Å². The van der Waals surface area contributed by atoms with E-state index in [1.54, 1.807) is 11.3 Å². The zero-order chi connectivity index (χ0) is 12.3. The number of rotatable bonds is 4. The van der Waals surface area contributed by atoms with Crippen LogP contribution in [0, 0.1) is 6.92 Å². The highest BCUT2D eigenvalue weighted by Gasteiger charge is 2.08. The van der Waals surface area contributed by atoms with Gasteiger partial charge < -0.3 is 5.32 Å². The summed E-state index contributed by atoms with van der Waals surface area (Å²) in [4.78, 5) is 4.50. The van der Waals surface area contributed by atoms with E-state index in [0.29, 0.717) is 0 Å². The van der Waals surface area contributed by atoms with E-state index in [2.05, 4.69) is 53.8 Å². The van der Waals surface area contributed by atoms with Crippen molar-refractivity contribution in [3.8, 4) is 0 Å². The van der Waals surface area contributed by atoms with E-state index in [9.17, 15) is 0 Å². The topological polar surface area (TPSA) is 24.9 Å². The summed E-state index contributed by atoms with van der Waals surface area (Å²) in [5.74, 6) is 0. The molecule has 0 fully saturated rings. The third-order valence-electron chi connectivity index (χ3n) is 2.83. The lowest BCUT2D eigenvalue weighted by Gasteiger charge is -2.13. The third kappa shape index (κ3) is 3.07. The molecule has 0 saturated carbocycles. The summed E-state index contributed by atoms with van der Waals surface area (Å²) in [6.07, 6.45) is 1.08. The Morgan fingerprint density at radius 1 is 1.29 bits per heavy atom. The Bertz CT molecular complexity index is 473. The van der Waals surface area contributed by atoms with Crippen molar-refractivity contribution in [2.45, 2.75) is 33.2 Å². The van der Waals surface area contributed by atoms with Gasteiger partial charge in [0.15, 0.2) is 0 Å². The van der Waals surface area contributed by atoms with E-state index < -0.39 is 0 Å². The van der Waals surface area contributed by atoms with Gasteiger partial charge in [-0.1, -0.05) is 19.1 Å². The maximum atomic E-state index is 4.50. The highest BCUT2D eigenvalue weighted by Crippen LogP contribution is 2.21. The van der Waals surface area contributed by atoms with Crippen LogP contribution in [-0.4, -0.2) is 4.98 Å². The average molecular weight is 246 g/mol. The summed E-state index contributed by atoms with van der Waals surface area (Å²) in [6, 6.07) is 8.86. The van der Waals surface area contributed by atoms with Crippen molar-refractivity contribution >= 4 is 17.0 Å². The van der Waals surface area contributed by atoms with Crippen LogP contribution in [0.15, 0.2) is 29.6 Å². The molecule has 0 aliphatic heterocycles. The maximum Gasteiger partial charge on any atom is 0.0898 e. The molecule has 1 atom stereocenters. The molecule has 2 nitrogen and oxygen atoms in total. The highest BCUT2D eigenvalue weighted by molar-refractivity contribution is 7.09. The molecule has 90 valence electrons. The minimum atomic E-state index is 0.257. The van der Waals surface area contributed by atoms with Crippen molar-refractivity contribution < 1.29 is 0 Å². The van der Waals surface area contributed by atoms with Crippen molar-refractivity contribution in [1.29, 1.82) is 0 Å². The van der Waals surface area contributed by atoms with E-state index in [0.717, 1.165) is 22.8 Å². The number of aromatic nitrogens is 1. The van der Waals surface area contributed by atoms with E-state index >= 15 is 0 Å². The van der Waals surface area contributed by atoms with Crippen LogP contribution in [0.5, 0.6) is 0 Å². The number of hydrogen-bond acceptors (Lipinski definition) is 3. The Hall–Kier alpha value is -1.35. The molecule has 2 rings (SSSR count). The molecule has 3 heteroatoms. The Labute approximate surface area is 107 Å². The zero-order valence-electron chi connectivity index (χ0n) is 10.5. The number of anilines is 1. The molecule has 2 aromatic rings. The molecule has 0 bridgehead atoms. The van der Waals surface area contributed by atoms with Crippen molar-refractivity contribution in [3.05, 3.63) is 45.9 Å². The molecule has 0 spiro atoms. The predicted molar refractivity (Wildman–Crippen MR) is 74.7 cm³/mol. The first-order valence-corrected chi connectivity index (χ1v) is 6.84. The van der Waals surface area contributed by atoms with Crippen LogP contribution in [0.1, 0.15) is 36.2 Å². The van der Waals surface area contributed by atoms with Crippen LogP contribution in [0.3, 0.4) is 0 Å². The Morgan fingerprint density at radius 3 is 2.53 bits per heavy atom. The minimum absolute atomic E-state index is 0.257. The predicted octanol–water partition coefficient (Wildman–Crippen LogP) is 4.19. The third-order valence-corrected chi connectivity index (χ3v) is 3.62. The van der Waals surface area contributed by atoms with Gasteiger partial charge in [-0.25, -0.2) is 4.98 Å². The molecule has 1 aromatic heterocycles. The fourth-order valence-corrected chi connectivity index (χ4v) is 2.45. The first-order valence-electron chi connectivity index (χ1n) is 5.96. The molecule has 0 radical (unpaired) electrons. The standard InChI is InChI=1S/C14H18N2S/c1-4-12-5-7-13(8-6-12)15-10(2)14-9-17-11(3)16-14/h5-10,15H,4H2,1-3H3. The molecule has 1 unspecified atom stereocenters. The van der Waals surface area contributed by atoms with Gasteiger partial charge in [-0.3, -0.25) is 0 Å². The van der Waals surface area contributed by atoms with Gasteiger partial charge in [0.1, 0.15) is 0 Å². The largest absolute Gasteiger partial charge is 0.377 e. The maximum absolute atomic E-state index is 4.50. The monoisotopic (exact) mass is 246 g/mol. The van der Waals surface area contributed by atoms with Crippen LogP contribution in [0.4, 0.5) is 5.69 Å². The van der Waals surface area contributed by atoms with E-state index in [4.69, 9.17) is 0 Å². The fraction of sp³-hybridized carbons (Fsp3) is 0.357. The van der Waals surface area contributed by atoms with E-state index in [1.165, 1.54) is 5.56 Å². The molecule has 1 N–H and O–H groups in total. The molecule has 0 aliphatic carbocycles. The SMILES string of the molecule is CCc1ccc(NC(C)c2csc(C)n2)cc1. The second kappa shape index (κ2) is 5.32. The second-order valence-corrected chi connectivity index (χ2v) is 5.27. The van der Waals surface area contributed by atoms with Gasteiger partial charge in [-0.05, 0) is 38.0 Å². The number of nitrogens with zero attached hydrogens (tertiary/aromatic N) is 1. The summed E-state index contributed by atoms with van der Waals surface area (Å²) in [5, 5.41) is 6.71. The van der Waals surface area contributed by atoms with Crippen molar-refractivity contribution in [3.63, 3.8) is 0 Å². The number of nitrogens with one attached hydrogen (secondary N) is 1. The number of aryl methyl sites for hydroxylation is 2. The molecule has 0 amide bonds. The lowest BCUT2D eigenvalue weighted by molar-refractivity contribution is 0.845. The Kier molecular flexibility index (Phi) is 3.79. The van der Waals surface area contributed by atoms with Crippen LogP contribution < -0.4 is 5.32 Å². The number of hydrogen-bond donors (Lipinski definition) is 1. The van der Waals surface area contributed by atoms with Gasteiger partial charge in [0.05, 0.1) is 16.7 Å². The first kappa shape index (κ1) is 12.1. The van der Waals surface area contributed by atoms with Gasteiger partial charge in [0, 0.05) is 11.1 Å². The Morgan fingerprint density at radius 2 is 2.00 bits per heavy atom. The average Bonchev–Trinajstić information content (AvgIpc) is 2.77. The fourth-order valence-electron chi connectivity index (χ4n) is 1.74.